The fourth-order valence-electron chi connectivity index (χ4n) is 4.63. The molecule has 150 valence electrons. The first-order valence-electron chi connectivity index (χ1n) is 10.7. The van der Waals surface area contributed by atoms with Gasteiger partial charge >= 0.3 is 0 Å². The molecule has 2 heterocycles. The van der Waals surface area contributed by atoms with E-state index in [1.807, 2.05) is 0 Å². The lowest BCUT2D eigenvalue weighted by atomic mass is 9.78. The van der Waals surface area contributed by atoms with E-state index in [0.717, 1.165) is 37.2 Å². The third-order valence-corrected chi connectivity index (χ3v) is 6.04. The van der Waals surface area contributed by atoms with E-state index in [0.29, 0.717) is 11.5 Å². The molecule has 0 aromatic heterocycles. The minimum Gasteiger partial charge on any atom is -0.490 e. The summed E-state index contributed by atoms with van der Waals surface area (Å²) in [5.74, 6) is 2.16. The average molecular weight is 379 g/mol. The second-order valence-electron chi connectivity index (χ2n) is 10.7. The van der Waals surface area contributed by atoms with Gasteiger partial charge in [-0.2, -0.15) is 0 Å². The smallest absolute Gasteiger partial charge is 0.123 e. The highest BCUT2D eigenvalue weighted by Crippen LogP contribution is 2.40. The fraction of sp³-hybridized carbons (Fsp3) is 0.538. The number of rotatable bonds is 4. The van der Waals surface area contributed by atoms with Crippen molar-refractivity contribution in [1.29, 1.82) is 0 Å². The summed E-state index contributed by atoms with van der Waals surface area (Å²) in [6.45, 7) is 13.7. The zero-order valence-electron chi connectivity index (χ0n) is 18.3. The van der Waals surface area contributed by atoms with Crippen LogP contribution >= 0.6 is 0 Å². The second kappa shape index (κ2) is 6.83. The molecule has 0 saturated carbocycles. The lowest BCUT2D eigenvalue weighted by molar-refractivity contribution is 0.0934. The van der Waals surface area contributed by atoms with Crippen molar-refractivity contribution in [1.82, 2.24) is 0 Å². The van der Waals surface area contributed by atoms with Crippen LogP contribution in [-0.4, -0.2) is 12.2 Å². The zero-order chi connectivity index (χ0) is 20.1. The van der Waals surface area contributed by atoms with Gasteiger partial charge in [-0.25, -0.2) is 0 Å². The van der Waals surface area contributed by atoms with Gasteiger partial charge in [0.25, 0.3) is 0 Å². The maximum Gasteiger partial charge on any atom is 0.123 e. The molecule has 4 rings (SSSR count). The van der Waals surface area contributed by atoms with Gasteiger partial charge in [0.15, 0.2) is 0 Å². The standard InChI is InChI=1S/C26H34O2/c1-17-11-20-9-8-19(13-22(20)27-17)16-26(5,6)24-14-21-10-7-18(12-23(21)28-24)15-25(2,3)4/h7-10,12-13,17,24H,11,14-16H2,1-6H3/t17-,24-/m1/s1. The van der Waals surface area contributed by atoms with Crippen LogP contribution in [0.3, 0.4) is 0 Å². The molecule has 0 unspecified atom stereocenters. The van der Waals surface area contributed by atoms with Crippen molar-refractivity contribution in [2.45, 2.75) is 79.4 Å². The molecule has 2 heteroatoms. The van der Waals surface area contributed by atoms with E-state index in [4.69, 9.17) is 9.47 Å². The Hall–Kier alpha value is -1.96. The SMILES string of the molecule is C[C@@H]1Cc2ccc(CC(C)(C)[C@H]3Cc4ccc(CC(C)(C)C)cc4O3)cc2O1. The molecule has 2 aromatic rings. The van der Waals surface area contributed by atoms with Crippen LogP contribution in [0.25, 0.3) is 0 Å². The number of benzene rings is 2. The minimum atomic E-state index is 0.0572. The summed E-state index contributed by atoms with van der Waals surface area (Å²) in [6, 6.07) is 13.6. The summed E-state index contributed by atoms with van der Waals surface area (Å²) in [4.78, 5) is 0. The first-order valence-corrected chi connectivity index (χ1v) is 10.7. The van der Waals surface area contributed by atoms with Crippen molar-refractivity contribution < 1.29 is 9.47 Å². The molecule has 0 N–H and O–H groups in total. The Labute approximate surface area is 170 Å². The Morgan fingerprint density at radius 1 is 0.786 bits per heavy atom. The zero-order valence-corrected chi connectivity index (χ0v) is 18.3. The molecule has 0 spiro atoms. The van der Waals surface area contributed by atoms with Gasteiger partial charge in [-0.1, -0.05) is 58.9 Å². The fourth-order valence-corrected chi connectivity index (χ4v) is 4.63. The van der Waals surface area contributed by atoms with E-state index in [1.54, 1.807) is 0 Å². The van der Waals surface area contributed by atoms with Crippen LogP contribution < -0.4 is 9.47 Å². The van der Waals surface area contributed by atoms with Crippen LogP contribution in [0.2, 0.25) is 0 Å². The molecule has 2 aliphatic heterocycles. The summed E-state index contributed by atoms with van der Waals surface area (Å²) in [7, 11) is 0. The summed E-state index contributed by atoms with van der Waals surface area (Å²) in [5, 5.41) is 0. The normalized spacial score (nSPS) is 21.1. The quantitative estimate of drug-likeness (QED) is 0.633. The number of fused-ring (bicyclic) bond motifs is 2. The molecular formula is C26H34O2. The molecule has 2 aromatic carbocycles. The summed E-state index contributed by atoms with van der Waals surface area (Å²) < 4.78 is 12.4. The molecule has 0 aliphatic carbocycles. The van der Waals surface area contributed by atoms with Gasteiger partial charge in [0.05, 0.1) is 0 Å². The van der Waals surface area contributed by atoms with Gasteiger partial charge < -0.3 is 9.47 Å². The van der Waals surface area contributed by atoms with E-state index in [1.165, 1.54) is 22.3 Å². The van der Waals surface area contributed by atoms with Gasteiger partial charge in [0, 0.05) is 18.3 Å². The van der Waals surface area contributed by atoms with Crippen LogP contribution in [0.4, 0.5) is 0 Å². The highest BCUT2D eigenvalue weighted by atomic mass is 16.5. The monoisotopic (exact) mass is 378 g/mol. The third kappa shape index (κ3) is 4.06. The molecular weight excluding hydrogens is 344 g/mol. The molecule has 0 radical (unpaired) electrons. The van der Waals surface area contributed by atoms with E-state index >= 15 is 0 Å². The largest absolute Gasteiger partial charge is 0.490 e. The van der Waals surface area contributed by atoms with Crippen LogP contribution in [0.1, 0.15) is 63.8 Å². The summed E-state index contributed by atoms with van der Waals surface area (Å²) in [5.41, 5.74) is 5.74. The molecule has 0 amide bonds. The molecule has 0 bridgehead atoms. The topological polar surface area (TPSA) is 18.5 Å². The second-order valence-corrected chi connectivity index (χ2v) is 10.7. The van der Waals surface area contributed by atoms with Crippen LogP contribution in [0.5, 0.6) is 11.5 Å². The van der Waals surface area contributed by atoms with Crippen molar-refractivity contribution >= 4 is 0 Å². The van der Waals surface area contributed by atoms with Gasteiger partial charge in [-0.15, -0.1) is 0 Å². The van der Waals surface area contributed by atoms with Crippen molar-refractivity contribution in [2.75, 3.05) is 0 Å². The number of ether oxygens (including phenoxy) is 2. The van der Waals surface area contributed by atoms with Crippen molar-refractivity contribution in [3.05, 3.63) is 58.7 Å². The summed E-state index contributed by atoms with van der Waals surface area (Å²) >= 11 is 0. The highest BCUT2D eigenvalue weighted by Gasteiger charge is 2.37. The number of hydrogen-bond donors (Lipinski definition) is 0. The first-order chi connectivity index (χ1) is 13.1. The maximum atomic E-state index is 6.48. The molecule has 2 nitrogen and oxygen atoms in total. The van der Waals surface area contributed by atoms with Gasteiger partial charge in [0.1, 0.15) is 23.7 Å². The van der Waals surface area contributed by atoms with Gasteiger partial charge in [-0.3, -0.25) is 0 Å². The van der Waals surface area contributed by atoms with Gasteiger partial charge in [0.2, 0.25) is 0 Å². The number of hydrogen-bond acceptors (Lipinski definition) is 2. The van der Waals surface area contributed by atoms with Crippen LogP contribution in [0, 0.1) is 10.8 Å². The van der Waals surface area contributed by atoms with Crippen molar-refractivity contribution in [2.24, 2.45) is 10.8 Å². The van der Waals surface area contributed by atoms with Crippen molar-refractivity contribution in [3.8, 4) is 11.5 Å². The summed E-state index contributed by atoms with van der Waals surface area (Å²) in [6.07, 6.45) is 4.60. The predicted molar refractivity (Wildman–Crippen MR) is 115 cm³/mol. The molecule has 0 fully saturated rings. The van der Waals surface area contributed by atoms with Gasteiger partial charge in [-0.05, 0) is 59.6 Å². The minimum absolute atomic E-state index is 0.0572. The first kappa shape index (κ1) is 19.4. The lowest BCUT2D eigenvalue weighted by Crippen LogP contribution is -2.35. The Morgan fingerprint density at radius 2 is 1.36 bits per heavy atom. The Kier molecular flexibility index (Phi) is 4.72. The van der Waals surface area contributed by atoms with Crippen molar-refractivity contribution in [3.63, 3.8) is 0 Å². The highest BCUT2D eigenvalue weighted by molar-refractivity contribution is 5.43. The van der Waals surface area contributed by atoms with E-state index < -0.39 is 0 Å². The molecule has 2 aliphatic rings. The maximum absolute atomic E-state index is 6.48. The Balaban J connectivity index is 1.47. The van der Waals surface area contributed by atoms with Crippen LogP contribution in [0.15, 0.2) is 36.4 Å². The van der Waals surface area contributed by atoms with Crippen LogP contribution in [-0.2, 0) is 25.7 Å². The molecule has 2 atom stereocenters. The van der Waals surface area contributed by atoms with E-state index in [9.17, 15) is 0 Å². The molecule has 28 heavy (non-hydrogen) atoms. The lowest BCUT2D eigenvalue weighted by Gasteiger charge is -2.31. The predicted octanol–water partition coefficient (Wildman–Crippen LogP) is 6.17. The Morgan fingerprint density at radius 3 is 2.00 bits per heavy atom. The molecule has 0 saturated heterocycles. The Bertz CT molecular complexity index is 872. The van der Waals surface area contributed by atoms with E-state index in [2.05, 4.69) is 77.9 Å². The third-order valence-electron chi connectivity index (χ3n) is 6.04. The average Bonchev–Trinajstić information content (AvgIpc) is 3.15. The van der Waals surface area contributed by atoms with E-state index in [-0.39, 0.29) is 11.5 Å².